The van der Waals surface area contributed by atoms with Gasteiger partial charge in [-0.15, -0.1) is 0 Å². The molecular formula is C19H32O. The molecule has 6 unspecified atom stereocenters. The molecule has 0 aromatic heterocycles. The lowest BCUT2D eigenvalue weighted by atomic mass is 9.61. The van der Waals surface area contributed by atoms with Gasteiger partial charge in [0.1, 0.15) is 0 Å². The minimum absolute atomic E-state index is 0.628. The first kappa shape index (κ1) is 14.6. The third-order valence-electron chi connectivity index (χ3n) is 6.31. The zero-order valence-electron chi connectivity index (χ0n) is 13.6. The fourth-order valence-corrected chi connectivity index (χ4v) is 5.41. The van der Waals surface area contributed by atoms with Gasteiger partial charge >= 0.3 is 0 Å². The second-order valence-electron chi connectivity index (χ2n) is 7.30. The van der Waals surface area contributed by atoms with Crippen LogP contribution in [0.3, 0.4) is 0 Å². The van der Waals surface area contributed by atoms with E-state index in [-0.39, 0.29) is 0 Å². The van der Waals surface area contributed by atoms with E-state index in [0.717, 1.165) is 36.2 Å². The van der Waals surface area contributed by atoms with Crippen LogP contribution in [0.1, 0.15) is 65.7 Å². The summed E-state index contributed by atoms with van der Waals surface area (Å²) in [6, 6.07) is 0. The molecule has 0 aromatic carbocycles. The maximum Gasteiger partial charge on any atom is 0.0606 e. The van der Waals surface area contributed by atoms with Crippen molar-refractivity contribution < 1.29 is 4.74 Å². The predicted molar refractivity (Wildman–Crippen MR) is 84.6 cm³/mol. The van der Waals surface area contributed by atoms with Gasteiger partial charge in [0.25, 0.3) is 0 Å². The third-order valence-corrected chi connectivity index (χ3v) is 6.31. The summed E-state index contributed by atoms with van der Waals surface area (Å²) >= 11 is 0. The summed E-state index contributed by atoms with van der Waals surface area (Å²) in [5.74, 6) is 4.56. The highest BCUT2D eigenvalue weighted by Gasteiger charge is 2.47. The first-order valence-electron chi connectivity index (χ1n) is 9.13. The van der Waals surface area contributed by atoms with Crippen LogP contribution < -0.4 is 0 Å². The van der Waals surface area contributed by atoms with Crippen LogP contribution in [-0.2, 0) is 4.74 Å². The van der Waals surface area contributed by atoms with E-state index in [1.165, 1.54) is 44.9 Å². The Labute approximate surface area is 125 Å². The Balaban J connectivity index is 0.000000581. The molecule has 1 heterocycles. The second kappa shape index (κ2) is 6.22. The number of ether oxygens (including phenoxy) is 1. The summed E-state index contributed by atoms with van der Waals surface area (Å²) in [5.41, 5.74) is 1.80. The van der Waals surface area contributed by atoms with Gasteiger partial charge < -0.3 is 4.74 Å². The van der Waals surface area contributed by atoms with Crippen LogP contribution in [0.5, 0.6) is 0 Å². The molecule has 20 heavy (non-hydrogen) atoms. The Hall–Kier alpha value is -0.300. The van der Waals surface area contributed by atoms with Crippen molar-refractivity contribution in [1.29, 1.82) is 0 Å². The minimum Gasteiger partial charge on any atom is -0.378 e. The fraction of sp³-hybridized carbons (Fsp3) is 0.895. The molecule has 1 aliphatic heterocycles. The summed E-state index contributed by atoms with van der Waals surface area (Å²) in [6.07, 6.45) is 13.1. The van der Waals surface area contributed by atoms with Gasteiger partial charge in [-0.3, -0.25) is 0 Å². The van der Waals surface area contributed by atoms with Gasteiger partial charge in [0.2, 0.25) is 0 Å². The van der Waals surface area contributed by atoms with Crippen molar-refractivity contribution in [1.82, 2.24) is 0 Å². The van der Waals surface area contributed by atoms with Gasteiger partial charge in [-0.25, -0.2) is 0 Å². The van der Waals surface area contributed by atoms with E-state index in [2.05, 4.69) is 13.0 Å². The van der Waals surface area contributed by atoms with Crippen LogP contribution in [0.25, 0.3) is 0 Å². The molecule has 1 saturated heterocycles. The van der Waals surface area contributed by atoms with Crippen LogP contribution in [0.2, 0.25) is 0 Å². The van der Waals surface area contributed by atoms with Gasteiger partial charge in [-0.05, 0) is 68.1 Å². The van der Waals surface area contributed by atoms with Gasteiger partial charge in [-0.2, -0.15) is 0 Å². The molecule has 3 fully saturated rings. The first-order chi connectivity index (χ1) is 9.83. The molecule has 0 spiro atoms. The Morgan fingerprint density at radius 1 is 1.00 bits per heavy atom. The van der Waals surface area contributed by atoms with Crippen LogP contribution in [0, 0.1) is 29.6 Å². The smallest absolute Gasteiger partial charge is 0.0606 e. The highest BCUT2D eigenvalue weighted by molar-refractivity contribution is 5.18. The number of rotatable bonds is 0. The summed E-state index contributed by atoms with van der Waals surface area (Å²) in [4.78, 5) is 0. The van der Waals surface area contributed by atoms with E-state index in [1.807, 2.05) is 13.8 Å². The normalized spacial score (nSPS) is 46.2. The van der Waals surface area contributed by atoms with E-state index in [0.29, 0.717) is 6.10 Å². The highest BCUT2D eigenvalue weighted by atomic mass is 16.5. The van der Waals surface area contributed by atoms with Crippen molar-refractivity contribution in [3.63, 3.8) is 0 Å². The zero-order chi connectivity index (χ0) is 14.1. The molecule has 1 nitrogen and oxygen atoms in total. The molecular weight excluding hydrogens is 244 g/mol. The molecule has 0 N–H and O–H groups in total. The zero-order valence-corrected chi connectivity index (χ0v) is 13.6. The van der Waals surface area contributed by atoms with Crippen molar-refractivity contribution >= 4 is 0 Å². The SMILES string of the molecule is CC.CC1CCC2C(=CCC3C4CCCC4OCC23)C1. The molecule has 4 aliphatic rings. The van der Waals surface area contributed by atoms with Crippen LogP contribution >= 0.6 is 0 Å². The molecule has 2 saturated carbocycles. The van der Waals surface area contributed by atoms with E-state index in [1.54, 1.807) is 5.57 Å². The number of allylic oxidation sites excluding steroid dienone is 2. The number of hydrogen-bond donors (Lipinski definition) is 0. The van der Waals surface area contributed by atoms with E-state index >= 15 is 0 Å². The van der Waals surface area contributed by atoms with Crippen LogP contribution in [-0.4, -0.2) is 12.7 Å². The maximum absolute atomic E-state index is 6.22. The van der Waals surface area contributed by atoms with Crippen LogP contribution in [0.4, 0.5) is 0 Å². The van der Waals surface area contributed by atoms with Gasteiger partial charge in [-0.1, -0.05) is 38.8 Å². The predicted octanol–water partition coefficient (Wildman–Crippen LogP) is 5.21. The van der Waals surface area contributed by atoms with E-state index < -0.39 is 0 Å². The summed E-state index contributed by atoms with van der Waals surface area (Å²) < 4.78 is 6.22. The lowest BCUT2D eigenvalue weighted by Crippen LogP contribution is -2.45. The molecule has 3 aliphatic carbocycles. The van der Waals surface area contributed by atoms with Gasteiger partial charge in [0, 0.05) is 0 Å². The maximum atomic E-state index is 6.22. The second-order valence-corrected chi connectivity index (χ2v) is 7.30. The number of fused-ring (bicyclic) bond motifs is 5. The number of hydrogen-bond acceptors (Lipinski definition) is 1. The average molecular weight is 276 g/mol. The lowest BCUT2D eigenvalue weighted by Gasteiger charge is -2.48. The third kappa shape index (κ3) is 2.47. The lowest BCUT2D eigenvalue weighted by molar-refractivity contribution is -0.0952. The summed E-state index contributed by atoms with van der Waals surface area (Å²) in [7, 11) is 0. The Bertz CT molecular complexity index is 359. The average Bonchev–Trinajstić information content (AvgIpc) is 2.97. The van der Waals surface area contributed by atoms with Crippen molar-refractivity contribution in [3.05, 3.63) is 11.6 Å². The quantitative estimate of drug-likeness (QED) is 0.552. The monoisotopic (exact) mass is 276 g/mol. The van der Waals surface area contributed by atoms with Crippen molar-refractivity contribution in [2.45, 2.75) is 71.8 Å². The molecule has 0 aromatic rings. The Morgan fingerprint density at radius 2 is 1.85 bits per heavy atom. The van der Waals surface area contributed by atoms with Crippen LogP contribution in [0.15, 0.2) is 11.6 Å². The van der Waals surface area contributed by atoms with E-state index in [4.69, 9.17) is 4.74 Å². The minimum atomic E-state index is 0.628. The summed E-state index contributed by atoms with van der Waals surface area (Å²) in [5, 5.41) is 0. The molecule has 1 heteroatoms. The molecule has 114 valence electrons. The topological polar surface area (TPSA) is 9.23 Å². The molecule has 0 bridgehead atoms. The first-order valence-corrected chi connectivity index (χ1v) is 9.13. The Morgan fingerprint density at radius 3 is 2.70 bits per heavy atom. The molecule has 0 amide bonds. The van der Waals surface area contributed by atoms with Crippen molar-refractivity contribution in [2.24, 2.45) is 29.6 Å². The highest BCUT2D eigenvalue weighted by Crippen LogP contribution is 2.52. The molecule has 0 radical (unpaired) electrons. The summed E-state index contributed by atoms with van der Waals surface area (Å²) in [6.45, 7) is 7.50. The largest absolute Gasteiger partial charge is 0.378 e. The van der Waals surface area contributed by atoms with E-state index in [9.17, 15) is 0 Å². The van der Waals surface area contributed by atoms with Crippen molar-refractivity contribution in [3.8, 4) is 0 Å². The van der Waals surface area contributed by atoms with Crippen molar-refractivity contribution in [2.75, 3.05) is 6.61 Å². The fourth-order valence-electron chi connectivity index (χ4n) is 5.41. The molecule has 6 atom stereocenters. The van der Waals surface area contributed by atoms with Gasteiger partial charge in [0.15, 0.2) is 0 Å². The molecule has 4 rings (SSSR count). The Kier molecular flexibility index (Phi) is 4.55. The van der Waals surface area contributed by atoms with Gasteiger partial charge in [0.05, 0.1) is 12.7 Å². The standard InChI is InChI=1S/C17H26O.C2H6/c1-11-5-7-13-12(9-11)6-8-14-15-3-2-4-17(15)18-10-16(13)14;1-2/h6,11,13-17H,2-5,7-10H2,1H3;1-2H3.